The van der Waals surface area contributed by atoms with Gasteiger partial charge >= 0.3 is 0 Å². The summed E-state index contributed by atoms with van der Waals surface area (Å²) >= 11 is 0. The van der Waals surface area contributed by atoms with Crippen molar-refractivity contribution in [3.63, 3.8) is 0 Å². The van der Waals surface area contributed by atoms with Crippen molar-refractivity contribution in [2.45, 2.75) is 25.7 Å². The molecule has 3 N–H and O–H groups in total. The lowest BCUT2D eigenvalue weighted by Crippen LogP contribution is -2.43. The quantitative estimate of drug-likeness (QED) is 0.588. The maximum Gasteiger partial charge on any atom is 0.225 e. The molecule has 1 aliphatic heterocycles. The molecule has 0 radical (unpaired) electrons. The van der Waals surface area contributed by atoms with Gasteiger partial charge in [0.1, 0.15) is 0 Å². The first-order valence-corrected chi connectivity index (χ1v) is 4.69. The molecule has 1 heterocycles. The summed E-state index contributed by atoms with van der Waals surface area (Å²) in [5.41, 5.74) is 4.93. The van der Waals surface area contributed by atoms with Crippen LogP contribution in [0.2, 0.25) is 0 Å². The van der Waals surface area contributed by atoms with Crippen LogP contribution in [0.15, 0.2) is 0 Å². The average molecular weight is 182 g/mol. The minimum Gasteiger partial charge on any atom is -0.369 e. The fraction of sp³-hybridized carbons (Fsp3) is 0.778. The van der Waals surface area contributed by atoms with E-state index < -0.39 is 5.41 Å². The van der Waals surface area contributed by atoms with Crippen LogP contribution in [0.3, 0.4) is 0 Å². The van der Waals surface area contributed by atoms with Crippen LogP contribution in [-0.4, -0.2) is 18.4 Å². The molecule has 2 unspecified atom stereocenters. The molecular formula is C9H14N2O2. The number of hydrogen-bond acceptors (Lipinski definition) is 2. The molecule has 1 saturated heterocycles. The molecule has 1 aliphatic carbocycles. The zero-order valence-corrected chi connectivity index (χ0v) is 7.51. The van der Waals surface area contributed by atoms with Crippen LogP contribution < -0.4 is 11.1 Å². The standard InChI is InChI=1S/C9H14N2O2/c10-8(13)9-2-1-6(4-9)3-7(12)11-5-9/h6H,1-5H2,(H2,10,13)(H,11,12). The van der Waals surface area contributed by atoms with E-state index in [0.29, 0.717) is 18.9 Å². The summed E-state index contributed by atoms with van der Waals surface area (Å²) in [6, 6.07) is 0. The second kappa shape index (κ2) is 2.72. The Morgan fingerprint density at radius 3 is 3.08 bits per heavy atom. The van der Waals surface area contributed by atoms with E-state index in [9.17, 15) is 9.59 Å². The SMILES string of the molecule is NC(=O)C12CCC(CC(=O)NC1)C2. The van der Waals surface area contributed by atoms with Crippen molar-refractivity contribution in [1.29, 1.82) is 0 Å². The fourth-order valence-electron chi connectivity index (χ4n) is 2.48. The van der Waals surface area contributed by atoms with Crippen LogP contribution in [0, 0.1) is 11.3 Å². The first-order valence-electron chi connectivity index (χ1n) is 4.69. The third kappa shape index (κ3) is 1.30. The summed E-state index contributed by atoms with van der Waals surface area (Å²) in [5.74, 6) is 0.181. The summed E-state index contributed by atoms with van der Waals surface area (Å²) < 4.78 is 0. The van der Waals surface area contributed by atoms with E-state index in [-0.39, 0.29) is 11.8 Å². The van der Waals surface area contributed by atoms with Crippen LogP contribution in [0.5, 0.6) is 0 Å². The largest absolute Gasteiger partial charge is 0.369 e. The molecular weight excluding hydrogens is 168 g/mol. The molecule has 4 heteroatoms. The lowest BCUT2D eigenvalue weighted by molar-refractivity contribution is -0.127. The summed E-state index contributed by atoms with van der Waals surface area (Å²) in [6.07, 6.45) is 3.17. The van der Waals surface area contributed by atoms with Crippen molar-refractivity contribution in [3.05, 3.63) is 0 Å². The Bertz CT molecular complexity index is 264. The van der Waals surface area contributed by atoms with E-state index in [2.05, 4.69) is 5.32 Å². The highest BCUT2D eigenvalue weighted by Crippen LogP contribution is 2.44. The normalized spacial score (nSPS) is 38.2. The van der Waals surface area contributed by atoms with Gasteiger partial charge in [-0.2, -0.15) is 0 Å². The number of hydrogen-bond donors (Lipinski definition) is 2. The number of nitrogens with two attached hydrogens (primary N) is 1. The molecule has 2 bridgehead atoms. The molecule has 72 valence electrons. The van der Waals surface area contributed by atoms with Gasteiger partial charge in [-0.15, -0.1) is 0 Å². The molecule has 4 nitrogen and oxygen atoms in total. The number of rotatable bonds is 1. The van der Waals surface area contributed by atoms with Gasteiger partial charge in [0, 0.05) is 13.0 Å². The highest BCUT2D eigenvalue weighted by Gasteiger charge is 2.46. The van der Waals surface area contributed by atoms with Gasteiger partial charge in [-0.3, -0.25) is 9.59 Å². The Morgan fingerprint density at radius 1 is 1.62 bits per heavy atom. The molecule has 2 fully saturated rings. The van der Waals surface area contributed by atoms with Crippen molar-refractivity contribution in [2.24, 2.45) is 17.1 Å². The molecule has 2 amide bonds. The molecule has 0 spiro atoms. The van der Waals surface area contributed by atoms with Gasteiger partial charge in [0.25, 0.3) is 0 Å². The van der Waals surface area contributed by atoms with Crippen LogP contribution in [-0.2, 0) is 9.59 Å². The van der Waals surface area contributed by atoms with E-state index in [4.69, 9.17) is 5.73 Å². The van der Waals surface area contributed by atoms with Gasteiger partial charge in [-0.05, 0) is 25.2 Å². The second-order valence-corrected chi connectivity index (χ2v) is 4.23. The minimum atomic E-state index is -0.434. The Morgan fingerprint density at radius 2 is 2.38 bits per heavy atom. The molecule has 0 aromatic heterocycles. The maximum atomic E-state index is 11.3. The third-order valence-corrected chi connectivity index (χ3v) is 3.33. The molecule has 2 atom stereocenters. The van der Waals surface area contributed by atoms with Crippen molar-refractivity contribution < 1.29 is 9.59 Å². The number of nitrogens with one attached hydrogen (secondary N) is 1. The molecule has 0 aromatic carbocycles. The van der Waals surface area contributed by atoms with Crippen molar-refractivity contribution in [2.75, 3.05) is 6.54 Å². The number of fused-ring (bicyclic) bond motifs is 2. The molecule has 2 aliphatic rings. The summed E-state index contributed by atoms with van der Waals surface area (Å²) in [6.45, 7) is 0.442. The number of carbonyl (C=O) groups excluding carboxylic acids is 2. The summed E-state index contributed by atoms with van der Waals surface area (Å²) in [4.78, 5) is 22.4. The molecule has 0 aromatic rings. The van der Waals surface area contributed by atoms with Gasteiger partial charge in [0.15, 0.2) is 0 Å². The van der Waals surface area contributed by atoms with Crippen molar-refractivity contribution in [3.8, 4) is 0 Å². The fourth-order valence-corrected chi connectivity index (χ4v) is 2.48. The predicted molar refractivity (Wildman–Crippen MR) is 46.6 cm³/mol. The van der Waals surface area contributed by atoms with E-state index in [1.807, 2.05) is 0 Å². The van der Waals surface area contributed by atoms with Gasteiger partial charge in [0.2, 0.25) is 11.8 Å². The van der Waals surface area contributed by atoms with E-state index in [1.165, 1.54) is 0 Å². The highest BCUT2D eigenvalue weighted by molar-refractivity contribution is 5.84. The zero-order valence-electron chi connectivity index (χ0n) is 7.51. The lowest BCUT2D eigenvalue weighted by atomic mass is 9.85. The average Bonchev–Trinajstić information content (AvgIpc) is 2.37. The Hall–Kier alpha value is -1.06. The van der Waals surface area contributed by atoms with Gasteiger partial charge in [-0.25, -0.2) is 0 Å². The summed E-state index contributed by atoms with van der Waals surface area (Å²) in [7, 11) is 0. The van der Waals surface area contributed by atoms with Crippen molar-refractivity contribution in [1.82, 2.24) is 5.32 Å². The van der Waals surface area contributed by atoms with Gasteiger partial charge in [0.05, 0.1) is 5.41 Å². The zero-order chi connectivity index (χ0) is 9.47. The number of primary amides is 1. The minimum absolute atomic E-state index is 0.0628. The molecule has 13 heavy (non-hydrogen) atoms. The van der Waals surface area contributed by atoms with Crippen LogP contribution in [0.25, 0.3) is 0 Å². The number of amides is 2. The van der Waals surface area contributed by atoms with Crippen LogP contribution in [0.4, 0.5) is 0 Å². The third-order valence-electron chi connectivity index (χ3n) is 3.33. The smallest absolute Gasteiger partial charge is 0.225 e. The Kier molecular flexibility index (Phi) is 1.78. The van der Waals surface area contributed by atoms with E-state index in [1.54, 1.807) is 0 Å². The van der Waals surface area contributed by atoms with E-state index >= 15 is 0 Å². The second-order valence-electron chi connectivity index (χ2n) is 4.23. The molecule has 2 rings (SSSR count). The predicted octanol–water partition coefficient (Wildman–Crippen LogP) is -0.222. The maximum absolute atomic E-state index is 11.3. The van der Waals surface area contributed by atoms with E-state index in [0.717, 1.165) is 19.3 Å². The first kappa shape index (κ1) is 8.53. The topological polar surface area (TPSA) is 72.2 Å². The van der Waals surface area contributed by atoms with Gasteiger partial charge in [-0.1, -0.05) is 0 Å². The monoisotopic (exact) mass is 182 g/mol. The van der Waals surface area contributed by atoms with Crippen LogP contribution >= 0.6 is 0 Å². The Balaban J connectivity index is 2.22. The first-order chi connectivity index (χ1) is 6.12. The van der Waals surface area contributed by atoms with Crippen LogP contribution in [0.1, 0.15) is 25.7 Å². The lowest BCUT2D eigenvalue weighted by Gasteiger charge is -2.23. The number of carbonyl (C=O) groups is 2. The van der Waals surface area contributed by atoms with Gasteiger partial charge < -0.3 is 11.1 Å². The summed E-state index contributed by atoms with van der Waals surface area (Å²) in [5, 5.41) is 2.76. The Labute approximate surface area is 76.9 Å². The molecule has 1 saturated carbocycles. The van der Waals surface area contributed by atoms with Crippen molar-refractivity contribution >= 4 is 11.8 Å². The highest BCUT2D eigenvalue weighted by atomic mass is 16.2.